The van der Waals surface area contributed by atoms with E-state index in [-0.39, 0.29) is 6.04 Å². The van der Waals surface area contributed by atoms with E-state index in [4.69, 9.17) is 0 Å². The molecule has 2 aromatic rings. The maximum absolute atomic E-state index is 4.37. The van der Waals surface area contributed by atoms with Crippen molar-refractivity contribution < 1.29 is 0 Å². The standard InChI is InChI=1S/C11H17N5/c1-12-10(11-7-15(2)8-13-11)6-9-4-5-16(3)14-9/h4-5,7-8,10,12H,6H2,1-3H3. The van der Waals surface area contributed by atoms with Gasteiger partial charge in [-0.05, 0) is 13.1 Å². The Kier molecular flexibility index (Phi) is 3.05. The predicted octanol–water partition coefficient (Wildman–Crippen LogP) is 0.657. The van der Waals surface area contributed by atoms with Gasteiger partial charge in [0.25, 0.3) is 0 Å². The van der Waals surface area contributed by atoms with E-state index in [0.717, 1.165) is 17.8 Å². The second kappa shape index (κ2) is 4.49. The number of aryl methyl sites for hydroxylation is 2. The lowest BCUT2D eigenvalue weighted by molar-refractivity contribution is 0.565. The number of nitrogens with zero attached hydrogens (tertiary/aromatic N) is 4. The average Bonchev–Trinajstić information content (AvgIpc) is 2.84. The molecule has 0 saturated carbocycles. The van der Waals surface area contributed by atoms with E-state index in [1.165, 1.54) is 0 Å². The number of imidazole rings is 1. The predicted molar refractivity (Wildman–Crippen MR) is 61.9 cm³/mol. The van der Waals surface area contributed by atoms with E-state index in [0.29, 0.717) is 0 Å². The van der Waals surface area contributed by atoms with Gasteiger partial charge < -0.3 is 9.88 Å². The van der Waals surface area contributed by atoms with Crippen molar-refractivity contribution in [1.82, 2.24) is 24.6 Å². The molecule has 0 saturated heterocycles. The highest BCUT2D eigenvalue weighted by atomic mass is 15.2. The molecular weight excluding hydrogens is 202 g/mol. The fraction of sp³-hybridized carbons (Fsp3) is 0.455. The van der Waals surface area contributed by atoms with Crippen molar-refractivity contribution in [3.63, 3.8) is 0 Å². The summed E-state index contributed by atoms with van der Waals surface area (Å²) in [6, 6.07) is 2.25. The normalized spacial score (nSPS) is 12.9. The van der Waals surface area contributed by atoms with Crippen LogP contribution in [0.3, 0.4) is 0 Å². The Bertz CT molecular complexity index is 456. The van der Waals surface area contributed by atoms with Gasteiger partial charge in [-0.15, -0.1) is 0 Å². The number of hydrogen-bond acceptors (Lipinski definition) is 3. The van der Waals surface area contributed by atoms with Crippen molar-refractivity contribution in [3.05, 3.63) is 36.2 Å². The second-order valence-corrected chi connectivity index (χ2v) is 3.99. The lowest BCUT2D eigenvalue weighted by Gasteiger charge is -2.11. The summed E-state index contributed by atoms with van der Waals surface area (Å²) in [7, 11) is 5.85. The Balaban J connectivity index is 2.12. The van der Waals surface area contributed by atoms with Crippen LogP contribution in [-0.2, 0) is 20.5 Å². The summed E-state index contributed by atoms with van der Waals surface area (Å²) in [5.74, 6) is 0. The second-order valence-electron chi connectivity index (χ2n) is 3.99. The molecule has 86 valence electrons. The van der Waals surface area contributed by atoms with Gasteiger partial charge in [-0.2, -0.15) is 5.10 Å². The van der Waals surface area contributed by atoms with Crippen LogP contribution in [0.25, 0.3) is 0 Å². The zero-order chi connectivity index (χ0) is 11.5. The minimum atomic E-state index is 0.219. The van der Waals surface area contributed by atoms with Crippen molar-refractivity contribution in [2.45, 2.75) is 12.5 Å². The van der Waals surface area contributed by atoms with Crippen LogP contribution in [0.5, 0.6) is 0 Å². The lowest BCUT2D eigenvalue weighted by Crippen LogP contribution is -2.19. The van der Waals surface area contributed by atoms with Gasteiger partial charge in [0.1, 0.15) is 0 Å². The van der Waals surface area contributed by atoms with Gasteiger partial charge in [0.2, 0.25) is 0 Å². The van der Waals surface area contributed by atoms with Crippen LogP contribution in [-0.4, -0.2) is 26.4 Å². The van der Waals surface area contributed by atoms with Crippen LogP contribution >= 0.6 is 0 Å². The van der Waals surface area contributed by atoms with Crippen LogP contribution in [0, 0.1) is 0 Å². The fourth-order valence-electron chi connectivity index (χ4n) is 1.75. The summed E-state index contributed by atoms with van der Waals surface area (Å²) in [5, 5.41) is 7.64. The topological polar surface area (TPSA) is 47.7 Å². The van der Waals surface area contributed by atoms with Gasteiger partial charge in [0.05, 0.1) is 23.8 Å². The molecule has 0 radical (unpaired) electrons. The molecule has 0 bridgehead atoms. The Morgan fingerprint density at radius 3 is 2.75 bits per heavy atom. The molecule has 0 amide bonds. The Labute approximate surface area is 95.1 Å². The Morgan fingerprint density at radius 2 is 2.25 bits per heavy atom. The third-order valence-electron chi connectivity index (χ3n) is 2.61. The molecule has 1 unspecified atom stereocenters. The molecule has 1 N–H and O–H groups in total. The highest BCUT2D eigenvalue weighted by molar-refractivity contribution is 5.10. The van der Waals surface area contributed by atoms with E-state index in [9.17, 15) is 0 Å². The van der Waals surface area contributed by atoms with Crippen molar-refractivity contribution in [1.29, 1.82) is 0 Å². The molecule has 0 spiro atoms. The lowest BCUT2D eigenvalue weighted by atomic mass is 10.1. The molecule has 0 aliphatic heterocycles. The molecule has 0 aliphatic rings. The van der Waals surface area contributed by atoms with Crippen LogP contribution in [0.2, 0.25) is 0 Å². The summed E-state index contributed by atoms with van der Waals surface area (Å²) < 4.78 is 3.78. The first kappa shape index (κ1) is 10.9. The van der Waals surface area contributed by atoms with Crippen molar-refractivity contribution in [3.8, 4) is 0 Å². The third-order valence-corrected chi connectivity index (χ3v) is 2.61. The molecule has 5 nitrogen and oxygen atoms in total. The first-order valence-electron chi connectivity index (χ1n) is 5.32. The van der Waals surface area contributed by atoms with Gasteiger partial charge in [-0.3, -0.25) is 4.68 Å². The van der Waals surface area contributed by atoms with E-state index < -0.39 is 0 Å². The van der Waals surface area contributed by atoms with Gasteiger partial charge in [-0.1, -0.05) is 0 Å². The molecule has 5 heteroatoms. The summed E-state index contributed by atoms with van der Waals surface area (Å²) >= 11 is 0. The van der Waals surface area contributed by atoms with Crippen molar-refractivity contribution in [2.24, 2.45) is 14.1 Å². The Hall–Kier alpha value is -1.62. The van der Waals surface area contributed by atoms with E-state index in [2.05, 4.69) is 15.4 Å². The first-order valence-corrected chi connectivity index (χ1v) is 5.32. The largest absolute Gasteiger partial charge is 0.340 e. The van der Waals surface area contributed by atoms with Gasteiger partial charge in [0.15, 0.2) is 0 Å². The number of rotatable bonds is 4. The monoisotopic (exact) mass is 219 g/mol. The number of likely N-dealkylation sites (N-methyl/N-ethyl adjacent to an activating group) is 1. The van der Waals surface area contributed by atoms with Crippen molar-refractivity contribution in [2.75, 3.05) is 7.05 Å². The quantitative estimate of drug-likeness (QED) is 0.821. The van der Waals surface area contributed by atoms with Crippen LogP contribution in [0.4, 0.5) is 0 Å². The summed E-state index contributed by atoms with van der Waals surface area (Å²) in [6.45, 7) is 0. The minimum absolute atomic E-state index is 0.219. The van der Waals surface area contributed by atoms with E-state index in [1.54, 1.807) is 0 Å². The zero-order valence-corrected chi connectivity index (χ0v) is 9.88. The number of aromatic nitrogens is 4. The molecule has 0 aliphatic carbocycles. The highest BCUT2D eigenvalue weighted by Gasteiger charge is 2.13. The smallest absolute Gasteiger partial charge is 0.0947 e. The Morgan fingerprint density at radius 1 is 1.44 bits per heavy atom. The van der Waals surface area contributed by atoms with Gasteiger partial charge >= 0.3 is 0 Å². The molecule has 0 fully saturated rings. The fourth-order valence-corrected chi connectivity index (χ4v) is 1.75. The van der Waals surface area contributed by atoms with Crippen LogP contribution in [0.1, 0.15) is 17.4 Å². The highest BCUT2D eigenvalue weighted by Crippen LogP contribution is 2.14. The van der Waals surface area contributed by atoms with Crippen molar-refractivity contribution >= 4 is 0 Å². The van der Waals surface area contributed by atoms with Gasteiger partial charge in [-0.25, -0.2) is 4.98 Å². The summed E-state index contributed by atoms with van der Waals surface area (Å²) in [5.41, 5.74) is 2.13. The molecular formula is C11H17N5. The first-order chi connectivity index (χ1) is 7.69. The molecule has 2 heterocycles. The van der Waals surface area contributed by atoms with Crippen LogP contribution < -0.4 is 5.32 Å². The third kappa shape index (κ3) is 2.30. The summed E-state index contributed by atoms with van der Waals surface area (Å²) in [6.07, 6.45) is 6.66. The van der Waals surface area contributed by atoms with E-state index in [1.807, 2.05) is 55.2 Å². The maximum atomic E-state index is 4.37. The number of nitrogens with one attached hydrogen (secondary N) is 1. The molecule has 0 aromatic carbocycles. The van der Waals surface area contributed by atoms with Crippen LogP contribution in [0.15, 0.2) is 24.8 Å². The maximum Gasteiger partial charge on any atom is 0.0947 e. The zero-order valence-electron chi connectivity index (χ0n) is 9.88. The minimum Gasteiger partial charge on any atom is -0.340 e. The molecule has 2 aromatic heterocycles. The molecule has 2 rings (SSSR count). The van der Waals surface area contributed by atoms with Gasteiger partial charge in [0, 0.05) is 32.9 Å². The number of hydrogen-bond donors (Lipinski definition) is 1. The molecule has 1 atom stereocenters. The molecule has 16 heavy (non-hydrogen) atoms. The SMILES string of the molecule is CNC(Cc1ccn(C)n1)c1cn(C)cn1. The summed E-state index contributed by atoms with van der Waals surface area (Å²) in [4.78, 5) is 4.36. The van der Waals surface area contributed by atoms with E-state index >= 15 is 0 Å². The average molecular weight is 219 g/mol.